The maximum Gasteiger partial charge on any atom is 0.0635 e. The van der Waals surface area contributed by atoms with Gasteiger partial charge in [-0.05, 0) is 30.5 Å². The van der Waals surface area contributed by atoms with Crippen LogP contribution >= 0.6 is 11.6 Å². The standard InChI is InChI=1S/C9H9ClN/c10-8-4-3-7(5-9(8)11)6-1-2-6/h3-5H,1-2,11H2. The number of nitrogen functional groups attached to an aromatic ring is 1. The van der Waals surface area contributed by atoms with Crippen LogP contribution in [0.2, 0.25) is 5.02 Å². The van der Waals surface area contributed by atoms with E-state index in [0.717, 1.165) is 0 Å². The molecule has 0 amide bonds. The van der Waals surface area contributed by atoms with Crippen molar-refractivity contribution in [2.24, 2.45) is 0 Å². The van der Waals surface area contributed by atoms with Crippen molar-refractivity contribution in [2.45, 2.75) is 12.8 Å². The maximum atomic E-state index is 5.77. The molecule has 1 aromatic carbocycles. The molecule has 1 radical (unpaired) electrons. The molecule has 1 aromatic rings. The molecular weight excluding hydrogens is 158 g/mol. The fraction of sp³-hybridized carbons (Fsp3) is 0.222. The second kappa shape index (κ2) is 2.42. The summed E-state index contributed by atoms with van der Waals surface area (Å²) in [7, 11) is 0. The Kier molecular flexibility index (Phi) is 1.53. The van der Waals surface area contributed by atoms with E-state index in [2.05, 4.69) is 0 Å². The minimum atomic E-state index is 0.648. The Morgan fingerprint density at radius 1 is 1.27 bits per heavy atom. The summed E-state index contributed by atoms with van der Waals surface area (Å²) in [4.78, 5) is 0. The number of hydrogen-bond donors (Lipinski definition) is 1. The van der Waals surface area contributed by atoms with Crippen molar-refractivity contribution in [3.8, 4) is 0 Å². The normalized spacial score (nSPS) is 16.8. The molecular formula is C9H9ClN. The molecule has 0 saturated heterocycles. The summed E-state index contributed by atoms with van der Waals surface area (Å²) < 4.78 is 0. The molecule has 2 heteroatoms. The van der Waals surface area contributed by atoms with Crippen LogP contribution in [-0.2, 0) is 0 Å². The molecule has 0 heterocycles. The fourth-order valence-corrected chi connectivity index (χ4v) is 1.23. The molecule has 0 aliphatic heterocycles. The summed E-state index contributed by atoms with van der Waals surface area (Å²) in [6.07, 6.45) is 2.45. The zero-order chi connectivity index (χ0) is 7.84. The first kappa shape index (κ1) is 6.99. The summed E-state index contributed by atoms with van der Waals surface area (Å²) in [5.41, 5.74) is 7.58. The highest BCUT2D eigenvalue weighted by Gasteiger charge is 2.24. The number of halogens is 1. The van der Waals surface area contributed by atoms with Crippen LogP contribution in [0.3, 0.4) is 0 Å². The fourth-order valence-electron chi connectivity index (χ4n) is 1.11. The molecule has 2 rings (SSSR count). The Morgan fingerprint density at radius 3 is 2.55 bits per heavy atom. The Bertz CT molecular complexity index is 279. The zero-order valence-electron chi connectivity index (χ0n) is 6.10. The SMILES string of the molecule is Nc1cc([C]2CC2)ccc1Cl. The van der Waals surface area contributed by atoms with Gasteiger partial charge in [-0.1, -0.05) is 17.7 Å². The van der Waals surface area contributed by atoms with Crippen LogP contribution in [0.5, 0.6) is 0 Å². The van der Waals surface area contributed by atoms with E-state index in [1.807, 2.05) is 18.2 Å². The van der Waals surface area contributed by atoms with Gasteiger partial charge in [0.15, 0.2) is 0 Å². The van der Waals surface area contributed by atoms with Gasteiger partial charge in [0.1, 0.15) is 0 Å². The second-order valence-corrected chi connectivity index (χ2v) is 3.25. The second-order valence-electron chi connectivity index (χ2n) is 2.84. The molecule has 1 aliphatic rings. The van der Waals surface area contributed by atoms with Gasteiger partial charge >= 0.3 is 0 Å². The lowest BCUT2D eigenvalue weighted by Crippen LogP contribution is -1.88. The summed E-state index contributed by atoms with van der Waals surface area (Å²) in [6.45, 7) is 0. The summed E-state index contributed by atoms with van der Waals surface area (Å²) in [5.74, 6) is 1.49. The van der Waals surface area contributed by atoms with E-state index in [4.69, 9.17) is 17.3 Å². The topological polar surface area (TPSA) is 26.0 Å². The maximum absolute atomic E-state index is 5.77. The highest BCUT2D eigenvalue weighted by atomic mass is 35.5. The van der Waals surface area contributed by atoms with E-state index in [1.165, 1.54) is 24.3 Å². The van der Waals surface area contributed by atoms with E-state index in [-0.39, 0.29) is 0 Å². The number of hydrogen-bond acceptors (Lipinski definition) is 1. The smallest absolute Gasteiger partial charge is 0.0635 e. The number of rotatable bonds is 1. The molecule has 1 saturated carbocycles. The molecule has 11 heavy (non-hydrogen) atoms. The van der Waals surface area contributed by atoms with Gasteiger partial charge in [0.2, 0.25) is 0 Å². The van der Waals surface area contributed by atoms with E-state index in [9.17, 15) is 0 Å². The Balaban J connectivity index is 2.36. The molecule has 1 aliphatic carbocycles. The molecule has 0 spiro atoms. The molecule has 1 fully saturated rings. The Labute approximate surface area is 71.2 Å². The van der Waals surface area contributed by atoms with Gasteiger partial charge in [-0.25, -0.2) is 0 Å². The minimum absolute atomic E-state index is 0.648. The van der Waals surface area contributed by atoms with Crippen LogP contribution in [-0.4, -0.2) is 0 Å². The quantitative estimate of drug-likeness (QED) is 0.638. The van der Waals surface area contributed by atoms with Gasteiger partial charge in [-0.3, -0.25) is 0 Å². The van der Waals surface area contributed by atoms with Crippen molar-refractivity contribution in [1.29, 1.82) is 0 Å². The van der Waals surface area contributed by atoms with Gasteiger partial charge in [0.05, 0.1) is 10.7 Å². The van der Waals surface area contributed by atoms with Crippen LogP contribution in [0.25, 0.3) is 0 Å². The molecule has 1 nitrogen and oxygen atoms in total. The predicted molar refractivity (Wildman–Crippen MR) is 47.4 cm³/mol. The number of anilines is 1. The first-order valence-corrected chi connectivity index (χ1v) is 4.05. The minimum Gasteiger partial charge on any atom is -0.398 e. The van der Waals surface area contributed by atoms with Gasteiger partial charge in [0, 0.05) is 5.92 Å². The van der Waals surface area contributed by atoms with Crippen LogP contribution in [0, 0.1) is 5.92 Å². The van der Waals surface area contributed by atoms with Crippen LogP contribution in [0.4, 0.5) is 5.69 Å². The monoisotopic (exact) mass is 166 g/mol. The lowest BCUT2D eigenvalue weighted by Gasteiger charge is -2.00. The first-order chi connectivity index (χ1) is 5.27. The molecule has 2 N–H and O–H groups in total. The lowest BCUT2D eigenvalue weighted by atomic mass is 10.1. The highest BCUT2D eigenvalue weighted by Crippen LogP contribution is 2.40. The molecule has 57 valence electrons. The van der Waals surface area contributed by atoms with E-state index in [1.54, 1.807) is 0 Å². The Hall–Kier alpha value is -0.690. The van der Waals surface area contributed by atoms with Gasteiger partial charge in [-0.15, -0.1) is 0 Å². The third-order valence-electron chi connectivity index (χ3n) is 1.90. The van der Waals surface area contributed by atoms with Crippen molar-refractivity contribution >= 4 is 17.3 Å². The van der Waals surface area contributed by atoms with Crippen molar-refractivity contribution in [1.82, 2.24) is 0 Å². The number of benzene rings is 1. The van der Waals surface area contributed by atoms with Crippen LogP contribution < -0.4 is 5.73 Å². The van der Waals surface area contributed by atoms with Gasteiger partial charge < -0.3 is 5.73 Å². The van der Waals surface area contributed by atoms with Crippen LogP contribution in [0.15, 0.2) is 18.2 Å². The van der Waals surface area contributed by atoms with Crippen molar-refractivity contribution < 1.29 is 0 Å². The third kappa shape index (κ3) is 1.33. The van der Waals surface area contributed by atoms with Gasteiger partial charge in [-0.2, -0.15) is 0 Å². The van der Waals surface area contributed by atoms with E-state index in [0.29, 0.717) is 10.7 Å². The highest BCUT2D eigenvalue weighted by molar-refractivity contribution is 6.33. The van der Waals surface area contributed by atoms with E-state index < -0.39 is 0 Å². The average molecular weight is 167 g/mol. The van der Waals surface area contributed by atoms with Crippen molar-refractivity contribution in [3.63, 3.8) is 0 Å². The summed E-state index contributed by atoms with van der Waals surface area (Å²) in [6, 6.07) is 5.84. The first-order valence-electron chi connectivity index (χ1n) is 3.67. The molecule has 0 unspecified atom stereocenters. The predicted octanol–water partition coefficient (Wildman–Crippen LogP) is 2.64. The third-order valence-corrected chi connectivity index (χ3v) is 2.25. The molecule has 0 atom stereocenters. The average Bonchev–Trinajstić information content (AvgIpc) is 2.77. The number of nitrogens with two attached hydrogens (primary N) is 1. The lowest BCUT2D eigenvalue weighted by molar-refractivity contribution is 1.41. The zero-order valence-corrected chi connectivity index (χ0v) is 6.86. The van der Waals surface area contributed by atoms with Gasteiger partial charge in [0.25, 0.3) is 0 Å². The van der Waals surface area contributed by atoms with Crippen molar-refractivity contribution in [2.75, 3.05) is 5.73 Å². The summed E-state index contributed by atoms with van der Waals surface area (Å²) >= 11 is 5.77. The van der Waals surface area contributed by atoms with Crippen molar-refractivity contribution in [3.05, 3.63) is 34.7 Å². The van der Waals surface area contributed by atoms with E-state index >= 15 is 0 Å². The Morgan fingerprint density at radius 2 is 2.00 bits per heavy atom. The molecule has 0 bridgehead atoms. The van der Waals surface area contributed by atoms with Crippen LogP contribution in [0.1, 0.15) is 18.4 Å². The largest absolute Gasteiger partial charge is 0.398 e. The summed E-state index contributed by atoms with van der Waals surface area (Å²) in [5, 5.41) is 0.648. The molecule has 0 aromatic heterocycles.